The fourth-order valence-electron chi connectivity index (χ4n) is 2.89. The number of rotatable bonds is 4. The van der Waals surface area contributed by atoms with Crippen molar-refractivity contribution in [1.29, 1.82) is 0 Å². The molecule has 4 rings (SSSR count). The van der Waals surface area contributed by atoms with Crippen LogP contribution >= 0.6 is 11.6 Å². The van der Waals surface area contributed by atoms with E-state index in [-0.39, 0.29) is 0 Å². The Morgan fingerprint density at radius 1 is 1.17 bits per heavy atom. The van der Waals surface area contributed by atoms with Gasteiger partial charge < -0.3 is 15.6 Å². The molecule has 6 nitrogen and oxygen atoms in total. The number of nitrogens with zero attached hydrogens (tertiary/aromatic N) is 3. The Morgan fingerprint density at radius 3 is 2.87 bits per heavy atom. The van der Waals surface area contributed by atoms with Crippen LogP contribution in [0, 0.1) is 0 Å². The molecular weight excluding hydrogens is 312 g/mol. The van der Waals surface area contributed by atoms with E-state index in [2.05, 4.69) is 30.6 Å². The largest absolute Gasteiger partial charge is 0.351 e. The smallest absolute Gasteiger partial charge is 0.225 e. The number of aromatic nitrogens is 4. The summed E-state index contributed by atoms with van der Waals surface area (Å²) in [5, 5.41) is 7.25. The first kappa shape index (κ1) is 14.3. The van der Waals surface area contributed by atoms with Gasteiger partial charge in [0.25, 0.3) is 0 Å². The van der Waals surface area contributed by atoms with Crippen LogP contribution in [0.3, 0.4) is 0 Å². The topological polar surface area (TPSA) is 78.5 Å². The first-order valence-corrected chi connectivity index (χ1v) is 8.16. The number of H-pyrrole nitrogens is 1. The number of halogens is 1. The van der Waals surface area contributed by atoms with Crippen LogP contribution in [-0.4, -0.2) is 26.0 Å². The zero-order valence-electron chi connectivity index (χ0n) is 12.5. The van der Waals surface area contributed by atoms with Gasteiger partial charge in [0.15, 0.2) is 5.65 Å². The summed E-state index contributed by atoms with van der Waals surface area (Å²) in [5.74, 6) is 1.26. The minimum atomic E-state index is 0.482. The lowest BCUT2D eigenvalue weighted by Crippen LogP contribution is -2.16. The molecule has 3 aromatic rings. The molecule has 1 aliphatic carbocycles. The molecule has 1 aromatic carbocycles. The van der Waals surface area contributed by atoms with E-state index in [1.807, 2.05) is 24.3 Å². The second-order valence-electron chi connectivity index (χ2n) is 5.78. The number of fused-ring (bicyclic) bond motifs is 1. The number of hydrogen-bond acceptors (Lipinski definition) is 5. The summed E-state index contributed by atoms with van der Waals surface area (Å²) < 4.78 is 0. The number of anilines is 3. The third-order valence-electron chi connectivity index (χ3n) is 4.02. The van der Waals surface area contributed by atoms with Crippen LogP contribution < -0.4 is 10.6 Å². The van der Waals surface area contributed by atoms with E-state index in [1.54, 1.807) is 6.20 Å². The molecule has 0 radical (unpaired) electrons. The lowest BCUT2D eigenvalue weighted by molar-refractivity contribution is 0.745. The SMILES string of the molecule is Clc1cccc(Nc2nc3nc(NC4CCCC4)ncc3[nH]2)c1. The summed E-state index contributed by atoms with van der Waals surface area (Å²) in [7, 11) is 0. The molecule has 3 N–H and O–H groups in total. The van der Waals surface area contributed by atoms with Crippen LogP contribution in [0.4, 0.5) is 17.6 Å². The molecule has 0 amide bonds. The summed E-state index contributed by atoms with van der Waals surface area (Å²) in [6.45, 7) is 0. The normalized spacial score (nSPS) is 15.2. The average molecular weight is 329 g/mol. The standard InChI is InChI=1S/C16H17ClN6/c17-10-4-3-7-12(8-10)20-16-21-13-9-18-15(22-14(13)23-16)19-11-5-1-2-6-11/h3-4,7-9,11H,1-2,5-6H2,(H3,18,19,20,21,22,23). The molecule has 1 saturated carbocycles. The lowest BCUT2D eigenvalue weighted by Gasteiger charge is -2.10. The van der Waals surface area contributed by atoms with Crippen LogP contribution in [0.5, 0.6) is 0 Å². The van der Waals surface area contributed by atoms with Crippen molar-refractivity contribution in [3.8, 4) is 0 Å². The third kappa shape index (κ3) is 3.22. The van der Waals surface area contributed by atoms with Crippen LogP contribution in [0.15, 0.2) is 30.5 Å². The monoisotopic (exact) mass is 328 g/mol. The quantitative estimate of drug-likeness (QED) is 0.672. The highest BCUT2D eigenvalue weighted by Crippen LogP contribution is 2.23. The van der Waals surface area contributed by atoms with Gasteiger partial charge in [0, 0.05) is 16.8 Å². The van der Waals surface area contributed by atoms with Crippen molar-refractivity contribution >= 4 is 40.3 Å². The van der Waals surface area contributed by atoms with E-state index in [0.29, 0.717) is 28.6 Å². The molecule has 1 aliphatic rings. The third-order valence-corrected chi connectivity index (χ3v) is 4.25. The molecule has 2 heterocycles. The number of hydrogen-bond donors (Lipinski definition) is 3. The molecule has 0 bridgehead atoms. The van der Waals surface area contributed by atoms with Gasteiger partial charge >= 0.3 is 0 Å². The predicted octanol–water partition coefficient (Wildman–Crippen LogP) is 4.10. The maximum absolute atomic E-state index is 5.99. The van der Waals surface area contributed by atoms with E-state index in [0.717, 1.165) is 11.2 Å². The zero-order chi connectivity index (χ0) is 15.6. The van der Waals surface area contributed by atoms with Gasteiger partial charge in [0.05, 0.1) is 6.20 Å². The summed E-state index contributed by atoms with van der Waals surface area (Å²) >= 11 is 5.99. The molecule has 0 spiro atoms. The minimum Gasteiger partial charge on any atom is -0.351 e. The van der Waals surface area contributed by atoms with Gasteiger partial charge in [0.1, 0.15) is 5.52 Å². The fraction of sp³-hybridized carbons (Fsp3) is 0.312. The van der Waals surface area contributed by atoms with Gasteiger partial charge in [-0.05, 0) is 31.0 Å². The molecule has 118 valence electrons. The molecule has 0 aliphatic heterocycles. The Morgan fingerprint density at radius 2 is 2.04 bits per heavy atom. The van der Waals surface area contributed by atoms with Gasteiger partial charge in [-0.2, -0.15) is 9.97 Å². The summed E-state index contributed by atoms with van der Waals surface area (Å²) in [6.07, 6.45) is 6.68. The van der Waals surface area contributed by atoms with E-state index in [1.165, 1.54) is 25.7 Å². The molecular formula is C16H17ClN6. The van der Waals surface area contributed by atoms with Crippen molar-refractivity contribution in [2.45, 2.75) is 31.7 Å². The Labute approximate surface area is 138 Å². The summed E-state index contributed by atoms with van der Waals surface area (Å²) in [4.78, 5) is 16.5. The molecule has 0 unspecified atom stereocenters. The van der Waals surface area contributed by atoms with Crippen molar-refractivity contribution in [3.05, 3.63) is 35.5 Å². The second kappa shape index (κ2) is 6.04. The molecule has 23 heavy (non-hydrogen) atoms. The van der Waals surface area contributed by atoms with Crippen LogP contribution in [0.25, 0.3) is 11.2 Å². The first-order chi connectivity index (χ1) is 11.3. The highest BCUT2D eigenvalue weighted by atomic mass is 35.5. The lowest BCUT2D eigenvalue weighted by atomic mass is 10.2. The average Bonchev–Trinajstić information content (AvgIpc) is 3.16. The van der Waals surface area contributed by atoms with Crippen molar-refractivity contribution in [3.63, 3.8) is 0 Å². The van der Waals surface area contributed by atoms with E-state index >= 15 is 0 Å². The molecule has 2 aromatic heterocycles. The van der Waals surface area contributed by atoms with Crippen LogP contribution in [0.2, 0.25) is 5.02 Å². The Kier molecular flexibility index (Phi) is 3.75. The van der Waals surface area contributed by atoms with E-state index < -0.39 is 0 Å². The Bertz CT molecular complexity index is 824. The highest BCUT2D eigenvalue weighted by Gasteiger charge is 2.16. The van der Waals surface area contributed by atoms with Gasteiger partial charge in [-0.15, -0.1) is 0 Å². The maximum Gasteiger partial charge on any atom is 0.225 e. The van der Waals surface area contributed by atoms with Gasteiger partial charge in [-0.25, -0.2) is 4.98 Å². The maximum atomic E-state index is 5.99. The van der Waals surface area contributed by atoms with Crippen molar-refractivity contribution in [2.75, 3.05) is 10.6 Å². The zero-order valence-corrected chi connectivity index (χ0v) is 13.3. The Hall–Kier alpha value is -2.34. The number of aromatic amines is 1. The Balaban J connectivity index is 1.55. The van der Waals surface area contributed by atoms with Crippen LogP contribution in [-0.2, 0) is 0 Å². The molecule has 0 saturated heterocycles. The molecule has 1 fully saturated rings. The van der Waals surface area contributed by atoms with Gasteiger partial charge in [-0.3, -0.25) is 0 Å². The summed E-state index contributed by atoms with van der Waals surface area (Å²) in [5.41, 5.74) is 2.31. The number of benzene rings is 1. The van der Waals surface area contributed by atoms with E-state index in [9.17, 15) is 0 Å². The van der Waals surface area contributed by atoms with Crippen molar-refractivity contribution in [2.24, 2.45) is 0 Å². The predicted molar refractivity (Wildman–Crippen MR) is 92.3 cm³/mol. The minimum absolute atomic E-state index is 0.482. The highest BCUT2D eigenvalue weighted by molar-refractivity contribution is 6.30. The van der Waals surface area contributed by atoms with Gasteiger partial charge in [-0.1, -0.05) is 30.5 Å². The van der Waals surface area contributed by atoms with Crippen LogP contribution in [0.1, 0.15) is 25.7 Å². The summed E-state index contributed by atoms with van der Waals surface area (Å²) in [6, 6.07) is 7.97. The number of nitrogens with one attached hydrogen (secondary N) is 3. The van der Waals surface area contributed by atoms with Crippen molar-refractivity contribution < 1.29 is 0 Å². The molecule has 7 heteroatoms. The first-order valence-electron chi connectivity index (χ1n) is 7.78. The van der Waals surface area contributed by atoms with E-state index in [4.69, 9.17) is 11.6 Å². The van der Waals surface area contributed by atoms with Crippen molar-refractivity contribution in [1.82, 2.24) is 19.9 Å². The number of imidazole rings is 1. The second-order valence-corrected chi connectivity index (χ2v) is 6.21. The molecule has 0 atom stereocenters. The van der Waals surface area contributed by atoms with Gasteiger partial charge in [0.2, 0.25) is 11.9 Å². The fourth-order valence-corrected chi connectivity index (χ4v) is 3.08.